The Morgan fingerprint density at radius 3 is 2.74 bits per heavy atom. The molecule has 0 bridgehead atoms. The van der Waals surface area contributed by atoms with Crippen LogP contribution in [0.2, 0.25) is 0 Å². The van der Waals surface area contributed by atoms with Crippen LogP contribution in [0.3, 0.4) is 0 Å². The van der Waals surface area contributed by atoms with E-state index in [4.69, 9.17) is 9.47 Å². The lowest BCUT2D eigenvalue weighted by atomic mass is 9.81. The molecule has 2 unspecified atom stereocenters. The standard InChI is InChI=1S/C25H36N2O4/c1-18(28)12-16-30-22-6-3-2-5-21(22)19-8-10-20(11-9-19)31-17-23-25(14-15-26-23)13-4-7-24(29)27-25/h2-3,5-6,19-20,23,26H,4,7-17H2,1H3,(H,27,29). The zero-order chi connectivity index (χ0) is 21.7. The maximum absolute atomic E-state index is 12.0. The first kappa shape index (κ1) is 22.3. The van der Waals surface area contributed by atoms with E-state index in [0.717, 1.165) is 57.2 Å². The maximum Gasteiger partial charge on any atom is 0.220 e. The van der Waals surface area contributed by atoms with E-state index >= 15 is 0 Å². The van der Waals surface area contributed by atoms with Crippen LogP contribution in [0, 0.1) is 0 Å². The van der Waals surface area contributed by atoms with Crippen LogP contribution in [0.25, 0.3) is 0 Å². The van der Waals surface area contributed by atoms with Crippen molar-refractivity contribution in [2.75, 3.05) is 19.8 Å². The quantitative estimate of drug-likeness (QED) is 0.663. The molecule has 1 aliphatic carbocycles. The van der Waals surface area contributed by atoms with Gasteiger partial charge >= 0.3 is 0 Å². The molecule has 2 atom stereocenters. The molecule has 1 aromatic rings. The number of nitrogens with one attached hydrogen (secondary N) is 2. The molecule has 1 amide bonds. The second kappa shape index (κ2) is 10.1. The summed E-state index contributed by atoms with van der Waals surface area (Å²) in [6.45, 7) is 3.65. The van der Waals surface area contributed by atoms with Gasteiger partial charge in [0.05, 0.1) is 30.9 Å². The van der Waals surface area contributed by atoms with E-state index in [1.54, 1.807) is 6.92 Å². The molecule has 2 N–H and O–H groups in total. The van der Waals surface area contributed by atoms with Gasteiger partial charge in [-0.2, -0.15) is 0 Å². The van der Waals surface area contributed by atoms with Gasteiger partial charge in [-0.15, -0.1) is 0 Å². The van der Waals surface area contributed by atoms with E-state index in [1.165, 1.54) is 5.56 Å². The fraction of sp³-hybridized carbons (Fsp3) is 0.680. The Kier molecular flexibility index (Phi) is 7.28. The van der Waals surface area contributed by atoms with E-state index < -0.39 is 0 Å². The van der Waals surface area contributed by atoms with Crippen molar-refractivity contribution in [1.29, 1.82) is 0 Å². The molecule has 2 heterocycles. The molecule has 6 nitrogen and oxygen atoms in total. The van der Waals surface area contributed by atoms with Gasteiger partial charge in [0.15, 0.2) is 0 Å². The molecule has 1 saturated carbocycles. The highest BCUT2D eigenvalue weighted by Crippen LogP contribution is 2.39. The Morgan fingerprint density at radius 1 is 1.16 bits per heavy atom. The summed E-state index contributed by atoms with van der Waals surface area (Å²) in [6, 6.07) is 8.45. The predicted molar refractivity (Wildman–Crippen MR) is 119 cm³/mol. The van der Waals surface area contributed by atoms with Crippen molar-refractivity contribution in [3.63, 3.8) is 0 Å². The smallest absolute Gasteiger partial charge is 0.220 e. The number of rotatable bonds is 8. The van der Waals surface area contributed by atoms with Crippen molar-refractivity contribution in [2.24, 2.45) is 0 Å². The monoisotopic (exact) mass is 428 g/mol. The fourth-order valence-electron chi connectivity index (χ4n) is 5.50. The van der Waals surface area contributed by atoms with E-state index in [2.05, 4.69) is 22.8 Å². The number of para-hydroxylation sites is 1. The number of hydrogen-bond donors (Lipinski definition) is 2. The normalized spacial score (nSPS) is 30.9. The molecular formula is C25H36N2O4. The van der Waals surface area contributed by atoms with E-state index in [1.807, 2.05) is 12.1 Å². The Balaban J connectivity index is 1.27. The summed E-state index contributed by atoms with van der Waals surface area (Å²) in [7, 11) is 0. The van der Waals surface area contributed by atoms with Crippen molar-refractivity contribution >= 4 is 11.7 Å². The first-order valence-corrected chi connectivity index (χ1v) is 11.9. The van der Waals surface area contributed by atoms with Crippen LogP contribution < -0.4 is 15.4 Å². The molecule has 3 fully saturated rings. The molecule has 31 heavy (non-hydrogen) atoms. The largest absolute Gasteiger partial charge is 0.493 e. The van der Waals surface area contributed by atoms with Crippen molar-refractivity contribution < 1.29 is 19.1 Å². The van der Waals surface area contributed by atoms with Gasteiger partial charge in [0.25, 0.3) is 0 Å². The Bertz CT molecular complexity index is 775. The summed E-state index contributed by atoms with van der Waals surface area (Å²) in [4.78, 5) is 23.2. The van der Waals surface area contributed by atoms with Crippen LogP contribution in [0.1, 0.15) is 76.2 Å². The van der Waals surface area contributed by atoms with Gasteiger partial charge in [-0.25, -0.2) is 0 Å². The molecule has 0 aromatic heterocycles. The van der Waals surface area contributed by atoms with Gasteiger partial charge in [0, 0.05) is 12.8 Å². The molecule has 1 spiro atoms. The third kappa shape index (κ3) is 5.47. The SMILES string of the molecule is CC(=O)CCOc1ccccc1C1CCC(OCC2NCCC23CCCC(=O)N3)CC1. The molecule has 0 radical (unpaired) electrons. The van der Waals surface area contributed by atoms with E-state index in [9.17, 15) is 9.59 Å². The van der Waals surface area contributed by atoms with Gasteiger partial charge in [-0.1, -0.05) is 18.2 Å². The summed E-state index contributed by atoms with van der Waals surface area (Å²) in [5.41, 5.74) is 1.15. The van der Waals surface area contributed by atoms with Crippen LogP contribution in [-0.4, -0.2) is 49.1 Å². The average Bonchev–Trinajstić information content (AvgIpc) is 3.14. The molecular weight excluding hydrogens is 392 g/mol. The second-order valence-corrected chi connectivity index (χ2v) is 9.46. The van der Waals surface area contributed by atoms with Gasteiger partial charge < -0.3 is 20.1 Å². The average molecular weight is 429 g/mol. The number of amides is 1. The van der Waals surface area contributed by atoms with Crippen molar-refractivity contribution in [3.05, 3.63) is 29.8 Å². The summed E-state index contributed by atoms with van der Waals surface area (Å²) in [5.74, 6) is 1.73. The number of Topliss-reactive ketones (excluding diaryl/α,β-unsaturated/α-hetero) is 1. The van der Waals surface area contributed by atoms with Gasteiger partial charge in [0.2, 0.25) is 5.91 Å². The molecule has 6 heteroatoms. The summed E-state index contributed by atoms with van der Waals surface area (Å²) < 4.78 is 12.3. The van der Waals surface area contributed by atoms with E-state index in [-0.39, 0.29) is 29.4 Å². The number of piperidine rings is 1. The predicted octanol–water partition coefficient (Wildman–Crippen LogP) is 3.49. The molecule has 2 aliphatic heterocycles. The highest BCUT2D eigenvalue weighted by Gasteiger charge is 2.45. The fourth-order valence-corrected chi connectivity index (χ4v) is 5.50. The first-order valence-electron chi connectivity index (χ1n) is 11.9. The second-order valence-electron chi connectivity index (χ2n) is 9.46. The third-order valence-electron chi connectivity index (χ3n) is 7.29. The highest BCUT2D eigenvalue weighted by molar-refractivity contribution is 5.78. The van der Waals surface area contributed by atoms with Crippen LogP contribution in [-0.2, 0) is 14.3 Å². The van der Waals surface area contributed by atoms with Gasteiger partial charge in [-0.3, -0.25) is 9.59 Å². The Morgan fingerprint density at radius 2 is 1.97 bits per heavy atom. The lowest BCUT2D eigenvalue weighted by Crippen LogP contribution is -2.60. The minimum Gasteiger partial charge on any atom is -0.493 e. The summed E-state index contributed by atoms with van der Waals surface area (Å²) >= 11 is 0. The van der Waals surface area contributed by atoms with Crippen molar-refractivity contribution in [2.45, 2.75) is 88.3 Å². The summed E-state index contributed by atoms with van der Waals surface area (Å²) in [5, 5.41) is 6.84. The molecule has 1 aromatic carbocycles. The Labute approximate surface area is 185 Å². The summed E-state index contributed by atoms with van der Waals surface area (Å²) in [6.07, 6.45) is 8.65. The minimum absolute atomic E-state index is 0.108. The number of carbonyl (C=O) groups is 2. The molecule has 170 valence electrons. The highest BCUT2D eigenvalue weighted by atomic mass is 16.5. The molecule has 3 aliphatic rings. The minimum atomic E-state index is -0.108. The zero-order valence-corrected chi connectivity index (χ0v) is 18.7. The number of carbonyl (C=O) groups excluding carboxylic acids is 2. The first-order chi connectivity index (χ1) is 15.1. The van der Waals surface area contributed by atoms with E-state index in [0.29, 0.717) is 32.0 Å². The van der Waals surface area contributed by atoms with Gasteiger partial charge in [0.1, 0.15) is 11.5 Å². The lowest BCUT2D eigenvalue weighted by molar-refractivity contribution is -0.125. The number of ketones is 1. The lowest BCUT2D eigenvalue weighted by Gasteiger charge is -2.40. The van der Waals surface area contributed by atoms with Crippen molar-refractivity contribution in [3.8, 4) is 5.75 Å². The van der Waals surface area contributed by atoms with Crippen LogP contribution in [0.5, 0.6) is 5.75 Å². The zero-order valence-electron chi connectivity index (χ0n) is 18.7. The topological polar surface area (TPSA) is 76.7 Å². The van der Waals surface area contributed by atoms with Crippen LogP contribution in [0.15, 0.2) is 24.3 Å². The molecule has 4 rings (SSSR count). The van der Waals surface area contributed by atoms with Crippen LogP contribution in [0.4, 0.5) is 0 Å². The molecule has 2 saturated heterocycles. The Hall–Kier alpha value is -1.92. The number of hydrogen-bond acceptors (Lipinski definition) is 5. The third-order valence-corrected chi connectivity index (χ3v) is 7.29. The maximum atomic E-state index is 12.0. The van der Waals surface area contributed by atoms with Crippen molar-refractivity contribution in [1.82, 2.24) is 10.6 Å². The number of ether oxygens (including phenoxy) is 2. The van der Waals surface area contributed by atoms with Gasteiger partial charge in [-0.05, 0) is 76.0 Å². The van der Waals surface area contributed by atoms with Crippen LogP contribution >= 0.6 is 0 Å². The number of benzene rings is 1.